The van der Waals surface area contributed by atoms with Crippen LogP contribution in [0.25, 0.3) is 11.5 Å². The lowest BCUT2D eigenvalue weighted by atomic mass is 10.1. The summed E-state index contributed by atoms with van der Waals surface area (Å²) in [7, 11) is -3.94. The molecule has 1 amide bonds. The number of aromatic nitrogens is 2. The monoisotopic (exact) mass is 459 g/mol. The fourth-order valence-corrected chi connectivity index (χ4v) is 4.07. The number of furan rings is 1. The lowest BCUT2D eigenvalue weighted by Crippen LogP contribution is -2.36. The van der Waals surface area contributed by atoms with Gasteiger partial charge < -0.3 is 19.6 Å². The Hall–Kier alpha value is -3.24. The maximum Gasteiger partial charge on any atom is 0.408 e. The zero-order chi connectivity index (χ0) is 23.4. The second kappa shape index (κ2) is 9.49. The van der Waals surface area contributed by atoms with E-state index < -0.39 is 39.3 Å². The quantitative estimate of drug-likeness (QED) is 0.515. The van der Waals surface area contributed by atoms with Crippen LogP contribution in [0, 0.1) is 0 Å². The van der Waals surface area contributed by atoms with Crippen LogP contribution in [-0.4, -0.2) is 41.8 Å². The summed E-state index contributed by atoms with van der Waals surface area (Å²) in [6.07, 6.45) is 0.654. The molecular formula is C22H25N3O6S. The maximum absolute atomic E-state index is 13.1. The molecule has 0 bridgehead atoms. The fraction of sp³-hybridized carbons (Fsp3) is 0.318. The molecule has 10 heteroatoms. The molecule has 0 unspecified atom stereocenters. The predicted molar refractivity (Wildman–Crippen MR) is 116 cm³/mol. The van der Waals surface area contributed by atoms with Gasteiger partial charge in [0.2, 0.25) is 15.0 Å². The second-order valence-electron chi connectivity index (χ2n) is 8.06. The zero-order valence-corrected chi connectivity index (χ0v) is 18.8. The van der Waals surface area contributed by atoms with Crippen molar-refractivity contribution in [2.45, 2.75) is 43.3 Å². The van der Waals surface area contributed by atoms with Crippen molar-refractivity contribution in [3.05, 3.63) is 66.1 Å². The van der Waals surface area contributed by atoms with E-state index in [1.807, 2.05) is 0 Å². The highest BCUT2D eigenvalue weighted by atomic mass is 32.2. The van der Waals surface area contributed by atoms with Crippen molar-refractivity contribution >= 4 is 15.9 Å². The minimum Gasteiger partial charge on any atom is -0.463 e. The van der Waals surface area contributed by atoms with Crippen LogP contribution in [0.1, 0.15) is 38.1 Å². The van der Waals surface area contributed by atoms with Crippen molar-refractivity contribution in [3.8, 4) is 11.5 Å². The number of rotatable bonds is 7. The van der Waals surface area contributed by atoms with Crippen LogP contribution >= 0.6 is 0 Å². The van der Waals surface area contributed by atoms with Gasteiger partial charge in [0.05, 0.1) is 30.4 Å². The van der Waals surface area contributed by atoms with E-state index in [9.17, 15) is 18.3 Å². The number of nitrogens with zero attached hydrogens (tertiary/aromatic N) is 2. The number of hydrogen-bond acceptors (Lipinski definition) is 8. The predicted octanol–water partition coefficient (Wildman–Crippen LogP) is 3.27. The minimum atomic E-state index is -3.94. The summed E-state index contributed by atoms with van der Waals surface area (Å²) in [6.45, 7) is 4.57. The highest BCUT2D eigenvalue weighted by molar-refractivity contribution is 7.90. The number of ether oxygens (including phenoxy) is 1. The van der Waals surface area contributed by atoms with Crippen LogP contribution in [0.3, 0.4) is 0 Å². The molecule has 170 valence electrons. The Balaban J connectivity index is 2.00. The van der Waals surface area contributed by atoms with E-state index in [2.05, 4.69) is 15.3 Å². The fourth-order valence-electron chi connectivity index (χ4n) is 2.83. The number of amides is 1. The van der Waals surface area contributed by atoms with E-state index in [-0.39, 0.29) is 17.1 Å². The van der Waals surface area contributed by atoms with Gasteiger partial charge in [-0.15, -0.1) is 0 Å². The highest BCUT2D eigenvalue weighted by Crippen LogP contribution is 2.24. The van der Waals surface area contributed by atoms with E-state index in [0.29, 0.717) is 11.3 Å². The summed E-state index contributed by atoms with van der Waals surface area (Å²) in [4.78, 5) is 20.6. The van der Waals surface area contributed by atoms with Gasteiger partial charge in [0.25, 0.3) is 0 Å². The molecule has 3 aromatic rings. The molecule has 3 rings (SSSR count). The van der Waals surface area contributed by atoms with Gasteiger partial charge in [-0.25, -0.2) is 23.2 Å². The van der Waals surface area contributed by atoms with Gasteiger partial charge in [-0.05, 0) is 44.5 Å². The number of carbonyl (C=O) groups is 1. The van der Waals surface area contributed by atoms with Gasteiger partial charge in [0, 0.05) is 0 Å². The number of carbonyl (C=O) groups excluding carboxylic acids is 1. The molecule has 9 nitrogen and oxygen atoms in total. The van der Waals surface area contributed by atoms with Crippen LogP contribution in [0.4, 0.5) is 4.79 Å². The molecule has 1 atom stereocenters. The SMILES string of the molecule is CC(C)(C)OC(=O)N[C@H](CO)c1cc(-c2ccco2)nc(S(=O)(=O)Cc2ccccc2)n1. The Kier molecular flexibility index (Phi) is 6.95. The third kappa shape index (κ3) is 6.14. The minimum absolute atomic E-state index is 0.103. The third-order valence-corrected chi connectivity index (χ3v) is 5.66. The topological polar surface area (TPSA) is 132 Å². The highest BCUT2D eigenvalue weighted by Gasteiger charge is 2.26. The Morgan fingerprint density at radius 1 is 1.16 bits per heavy atom. The Morgan fingerprint density at radius 3 is 2.47 bits per heavy atom. The summed E-state index contributed by atoms with van der Waals surface area (Å²) in [5.41, 5.74) is 0.133. The van der Waals surface area contributed by atoms with Crippen LogP contribution in [0.2, 0.25) is 0 Å². The van der Waals surface area contributed by atoms with E-state index in [0.717, 1.165) is 0 Å². The Morgan fingerprint density at radius 2 is 1.88 bits per heavy atom. The molecule has 2 N–H and O–H groups in total. The number of hydrogen-bond donors (Lipinski definition) is 2. The summed E-state index contributed by atoms with van der Waals surface area (Å²) < 4.78 is 36.7. The average Bonchev–Trinajstić information content (AvgIpc) is 3.26. The normalized spacial score (nSPS) is 12.9. The molecule has 0 saturated carbocycles. The molecule has 2 heterocycles. The number of alkyl carbamates (subject to hydrolysis) is 1. The lowest BCUT2D eigenvalue weighted by Gasteiger charge is -2.22. The van der Waals surface area contributed by atoms with Crippen LogP contribution in [0.5, 0.6) is 0 Å². The zero-order valence-electron chi connectivity index (χ0n) is 18.0. The second-order valence-corrected chi connectivity index (χ2v) is 9.95. The van der Waals surface area contributed by atoms with E-state index in [4.69, 9.17) is 9.15 Å². The summed E-state index contributed by atoms with van der Waals surface area (Å²) >= 11 is 0. The number of benzene rings is 1. The third-order valence-electron chi connectivity index (χ3n) is 4.21. The molecule has 0 saturated heterocycles. The molecule has 2 aromatic heterocycles. The molecule has 0 radical (unpaired) electrons. The van der Waals surface area contributed by atoms with E-state index in [1.165, 1.54) is 12.3 Å². The molecule has 0 aliphatic rings. The van der Waals surface area contributed by atoms with Gasteiger partial charge in [0.15, 0.2) is 5.76 Å². The van der Waals surface area contributed by atoms with Crippen molar-refractivity contribution in [2.24, 2.45) is 0 Å². The van der Waals surface area contributed by atoms with Crippen molar-refractivity contribution in [2.75, 3.05) is 6.61 Å². The molecular weight excluding hydrogens is 434 g/mol. The lowest BCUT2D eigenvalue weighted by molar-refractivity contribution is 0.0480. The summed E-state index contributed by atoms with van der Waals surface area (Å²) in [6, 6.07) is 12.3. The van der Waals surface area contributed by atoms with E-state index in [1.54, 1.807) is 63.2 Å². The van der Waals surface area contributed by atoms with Gasteiger partial charge in [-0.2, -0.15) is 0 Å². The standard InChI is InChI=1S/C22H25N3O6S/c1-22(2,3)31-21(27)25-18(13-26)16-12-17(19-10-7-11-30-19)24-20(23-16)32(28,29)14-15-8-5-4-6-9-15/h4-12,18,26H,13-14H2,1-3H3,(H,25,27)/t18-/m1/s1. The molecule has 32 heavy (non-hydrogen) atoms. The van der Waals surface area contributed by atoms with Crippen molar-refractivity contribution in [1.82, 2.24) is 15.3 Å². The average molecular weight is 460 g/mol. The molecule has 0 aliphatic carbocycles. The van der Waals surface area contributed by atoms with Crippen molar-refractivity contribution < 1.29 is 27.5 Å². The maximum atomic E-state index is 13.1. The first-order chi connectivity index (χ1) is 15.1. The van der Waals surface area contributed by atoms with Crippen LogP contribution < -0.4 is 5.32 Å². The van der Waals surface area contributed by atoms with Crippen molar-refractivity contribution in [1.29, 1.82) is 0 Å². The molecule has 0 spiro atoms. The Labute approximate surface area is 186 Å². The number of nitrogens with one attached hydrogen (secondary N) is 1. The van der Waals surface area contributed by atoms with Gasteiger partial charge in [0.1, 0.15) is 11.3 Å². The number of aliphatic hydroxyl groups excluding tert-OH is 1. The Bertz CT molecular complexity index is 1160. The van der Waals surface area contributed by atoms with E-state index >= 15 is 0 Å². The first-order valence-corrected chi connectivity index (χ1v) is 11.5. The summed E-state index contributed by atoms with van der Waals surface area (Å²) in [5.74, 6) is 0.0109. The first kappa shape index (κ1) is 23.4. The molecule has 0 fully saturated rings. The van der Waals surface area contributed by atoms with Crippen LogP contribution in [0.15, 0.2) is 64.4 Å². The number of aliphatic hydroxyl groups is 1. The number of sulfone groups is 1. The largest absolute Gasteiger partial charge is 0.463 e. The van der Waals surface area contributed by atoms with Gasteiger partial charge in [-0.3, -0.25) is 0 Å². The molecule has 0 aliphatic heterocycles. The van der Waals surface area contributed by atoms with Crippen LogP contribution in [-0.2, 0) is 20.3 Å². The molecule has 1 aromatic carbocycles. The van der Waals surface area contributed by atoms with Gasteiger partial charge >= 0.3 is 6.09 Å². The smallest absolute Gasteiger partial charge is 0.408 e. The summed E-state index contributed by atoms with van der Waals surface area (Å²) in [5, 5.41) is 12.0. The van der Waals surface area contributed by atoms with Crippen molar-refractivity contribution in [3.63, 3.8) is 0 Å². The first-order valence-electron chi connectivity index (χ1n) is 9.87. The van der Waals surface area contributed by atoms with Gasteiger partial charge in [-0.1, -0.05) is 30.3 Å².